The van der Waals surface area contributed by atoms with Gasteiger partial charge in [0.25, 0.3) is 5.56 Å². The van der Waals surface area contributed by atoms with Crippen molar-refractivity contribution in [2.24, 2.45) is 0 Å². The highest BCUT2D eigenvalue weighted by Crippen LogP contribution is 2.00. The summed E-state index contributed by atoms with van der Waals surface area (Å²) in [5.74, 6) is 0.405. The SMILES string of the molecule is COc1cccn(CCCN(C)C)c1=O. The molecule has 0 aliphatic heterocycles. The monoisotopic (exact) mass is 210 g/mol. The van der Waals surface area contributed by atoms with Crippen LogP contribution in [0.4, 0.5) is 0 Å². The number of methoxy groups -OCH3 is 1. The Hall–Kier alpha value is -1.29. The van der Waals surface area contributed by atoms with Gasteiger partial charge in [-0.3, -0.25) is 4.79 Å². The van der Waals surface area contributed by atoms with Crippen LogP contribution in [0, 0.1) is 0 Å². The maximum absolute atomic E-state index is 11.7. The van der Waals surface area contributed by atoms with E-state index >= 15 is 0 Å². The minimum absolute atomic E-state index is 0.0567. The molecular weight excluding hydrogens is 192 g/mol. The van der Waals surface area contributed by atoms with Crippen LogP contribution in [0.15, 0.2) is 23.1 Å². The fourth-order valence-corrected chi connectivity index (χ4v) is 1.40. The van der Waals surface area contributed by atoms with Crippen LogP contribution >= 0.6 is 0 Å². The largest absolute Gasteiger partial charge is 0.491 e. The Kier molecular flexibility index (Phi) is 4.37. The van der Waals surface area contributed by atoms with Crippen molar-refractivity contribution in [2.45, 2.75) is 13.0 Å². The van der Waals surface area contributed by atoms with E-state index in [1.54, 1.807) is 16.8 Å². The van der Waals surface area contributed by atoms with Crippen molar-refractivity contribution in [3.05, 3.63) is 28.7 Å². The normalized spacial score (nSPS) is 10.7. The predicted molar refractivity (Wildman–Crippen MR) is 60.4 cm³/mol. The summed E-state index contributed by atoms with van der Waals surface area (Å²) < 4.78 is 6.65. The van der Waals surface area contributed by atoms with Crippen molar-refractivity contribution < 1.29 is 4.74 Å². The second kappa shape index (κ2) is 5.56. The summed E-state index contributed by atoms with van der Waals surface area (Å²) in [6, 6.07) is 3.51. The molecule has 4 heteroatoms. The van der Waals surface area contributed by atoms with Crippen LogP contribution in [-0.2, 0) is 6.54 Å². The van der Waals surface area contributed by atoms with Crippen molar-refractivity contribution in [3.8, 4) is 5.75 Å². The zero-order valence-corrected chi connectivity index (χ0v) is 9.56. The highest BCUT2D eigenvalue weighted by molar-refractivity contribution is 5.16. The lowest BCUT2D eigenvalue weighted by Crippen LogP contribution is -2.23. The zero-order chi connectivity index (χ0) is 11.3. The van der Waals surface area contributed by atoms with Crippen LogP contribution in [0.3, 0.4) is 0 Å². The summed E-state index contributed by atoms with van der Waals surface area (Å²) >= 11 is 0. The molecule has 0 spiro atoms. The van der Waals surface area contributed by atoms with Crippen LogP contribution in [-0.4, -0.2) is 37.2 Å². The maximum Gasteiger partial charge on any atom is 0.292 e. The molecule has 84 valence electrons. The highest BCUT2D eigenvalue weighted by atomic mass is 16.5. The lowest BCUT2D eigenvalue weighted by molar-refractivity contribution is 0.377. The minimum Gasteiger partial charge on any atom is -0.491 e. The second-order valence-electron chi connectivity index (χ2n) is 3.73. The molecule has 0 saturated carbocycles. The number of rotatable bonds is 5. The van der Waals surface area contributed by atoms with Crippen molar-refractivity contribution in [2.75, 3.05) is 27.7 Å². The Labute approximate surface area is 90.1 Å². The fraction of sp³-hybridized carbons (Fsp3) is 0.545. The molecule has 0 aliphatic carbocycles. The molecule has 0 fully saturated rings. The van der Waals surface area contributed by atoms with Crippen molar-refractivity contribution in [1.29, 1.82) is 0 Å². The molecular formula is C11H18N2O2. The summed E-state index contributed by atoms with van der Waals surface area (Å²) in [7, 11) is 5.56. The number of nitrogens with zero attached hydrogens (tertiary/aromatic N) is 2. The van der Waals surface area contributed by atoms with Gasteiger partial charge < -0.3 is 14.2 Å². The van der Waals surface area contributed by atoms with E-state index in [1.165, 1.54) is 7.11 Å². The first-order valence-corrected chi connectivity index (χ1v) is 5.03. The van der Waals surface area contributed by atoms with Crippen molar-refractivity contribution in [1.82, 2.24) is 9.47 Å². The van der Waals surface area contributed by atoms with E-state index in [4.69, 9.17) is 4.74 Å². The Bertz CT molecular complexity index is 358. The number of hydrogen-bond acceptors (Lipinski definition) is 3. The molecule has 0 bridgehead atoms. The summed E-state index contributed by atoms with van der Waals surface area (Å²) in [5.41, 5.74) is -0.0567. The van der Waals surface area contributed by atoms with Crippen LogP contribution in [0.25, 0.3) is 0 Å². The van der Waals surface area contributed by atoms with Crippen LogP contribution in [0.1, 0.15) is 6.42 Å². The molecule has 1 rings (SSSR count). The number of hydrogen-bond donors (Lipinski definition) is 0. The van der Waals surface area contributed by atoms with Gasteiger partial charge in [-0.05, 0) is 39.2 Å². The summed E-state index contributed by atoms with van der Waals surface area (Å²) in [6.07, 6.45) is 2.75. The Morgan fingerprint density at radius 2 is 2.20 bits per heavy atom. The standard InChI is InChI=1S/C11H18N2O2/c1-12(2)7-5-9-13-8-4-6-10(15-3)11(13)14/h4,6,8H,5,7,9H2,1-3H3. The number of pyridine rings is 1. The number of ether oxygens (including phenoxy) is 1. The molecule has 0 saturated heterocycles. The smallest absolute Gasteiger partial charge is 0.292 e. The molecule has 1 heterocycles. The van der Waals surface area contributed by atoms with Gasteiger partial charge in [0.15, 0.2) is 5.75 Å². The van der Waals surface area contributed by atoms with Crippen molar-refractivity contribution in [3.63, 3.8) is 0 Å². The van der Waals surface area contributed by atoms with Gasteiger partial charge in [-0.2, -0.15) is 0 Å². The third-order valence-electron chi connectivity index (χ3n) is 2.21. The maximum atomic E-state index is 11.7. The first-order valence-electron chi connectivity index (χ1n) is 5.03. The van der Waals surface area contributed by atoms with Gasteiger partial charge in [0, 0.05) is 12.7 Å². The summed E-state index contributed by atoms with van der Waals surface area (Å²) in [6.45, 7) is 1.71. The number of aromatic nitrogens is 1. The fourth-order valence-electron chi connectivity index (χ4n) is 1.40. The van der Waals surface area contributed by atoms with E-state index in [0.717, 1.165) is 19.5 Å². The first kappa shape index (κ1) is 11.8. The van der Waals surface area contributed by atoms with Gasteiger partial charge in [0.2, 0.25) is 0 Å². The molecule has 15 heavy (non-hydrogen) atoms. The third kappa shape index (κ3) is 3.40. The van der Waals surface area contributed by atoms with Gasteiger partial charge in [-0.1, -0.05) is 0 Å². The number of aryl methyl sites for hydroxylation is 1. The third-order valence-corrected chi connectivity index (χ3v) is 2.21. The molecule has 1 aromatic rings. The molecule has 0 aliphatic rings. The second-order valence-corrected chi connectivity index (χ2v) is 3.73. The lowest BCUT2D eigenvalue weighted by atomic mass is 10.3. The topological polar surface area (TPSA) is 34.5 Å². The molecule has 0 unspecified atom stereocenters. The Morgan fingerprint density at radius 1 is 1.47 bits per heavy atom. The Balaban J connectivity index is 2.65. The molecule has 4 nitrogen and oxygen atoms in total. The average molecular weight is 210 g/mol. The van der Waals surface area contributed by atoms with E-state index in [9.17, 15) is 4.79 Å². The van der Waals surface area contributed by atoms with Gasteiger partial charge in [0.05, 0.1) is 7.11 Å². The molecule has 0 N–H and O–H groups in total. The Morgan fingerprint density at radius 3 is 2.80 bits per heavy atom. The molecule has 0 amide bonds. The van der Waals surface area contributed by atoms with E-state index < -0.39 is 0 Å². The average Bonchev–Trinajstić information content (AvgIpc) is 2.20. The van der Waals surface area contributed by atoms with Crippen LogP contribution < -0.4 is 10.3 Å². The van der Waals surface area contributed by atoms with Gasteiger partial charge in [-0.15, -0.1) is 0 Å². The zero-order valence-electron chi connectivity index (χ0n) is 9.56. The quantitative estimate of drug-likeness (QED) is 0.721. The summed E-state index contributed by atoms with van der Waals surface area (Å²) in [4.78, 5) is 13.8. The van der Waals surface area contributed by atoms with E-state index in [-0.39, 0.29) is 5.56 Å². The van der Waals surface area contributed by atoms with E-state index in [1.807, 2.05) is 20.2 Å². The lowest BCUT2D eigenvalue weighted by Gasteiger charge is -2.10. The summed E-state index contributed by atoms with van der Waals surface area (Å²) in [5, 5.41) is 0. The van der Waals surface area contributed by atoms with Gasteiger partial charge in [0.1, 0.15) is 0 Å². The van der Waals surface area contributed by atoms with Crippen LogP contribution in [0.2, 0.25) is 0 Å². The molecule has 0 aromatic carbocycles. The minimum atomic E-state index is -0.0567. The predicted octanol–water partition coefficient (Wildman–Crippen LogP) is 0.809. The van der Waals surface area contributed by atoms with Crippen LogP contribution in [0.5, 0.6) is 5.75 Å². The van der Waals surface area contributed by atoms with Gasteiger partial charge >= 0.3 is 0 Å². The molecule has 1 aromatic heterocycles. The van der Waals surface area contributed by atoms with E-state index in [0.29, 0.717) is 5.75 Å². The van der Waals surface area contributed by atoms with E-state index in [2.05, 4.69) is 4.90 Å². The first-order chi connectivity index (χ1) is 7.15. The molecule has 0 radical (unpaired) electrons. The molecule has 0 atom stereocenters. The van der Waals surface area contributed by atoms with Crippen molar-refractivity contribution >= 4 is 0 Å². The van der Waals surface area contributed by atoms with Gasteiger partial charge in [-0.25, -0.2) is 0 Å². The highest BCUT2D eigenvalue weighted by Gasteiger charge is 2.01.